The number of amides is 1. The van der Waals surface area contributed by atoms with Gasteiger partial charge in [-0.2, -0.15) is 0 Å². The van der Waals surface area contributed by atoms with Gasteiger partial charge in [0, 0.05) is 7.11 Å². The van der Waals surface area contributed by atoms with E-state index in [0.29, 0.717) is 5.92 Å². The van der Waals surface area contributed by atoms with Crippen molar-refractivity contribution >= 4 is 5.91 Å². The Morgan fingerprint density at radius 3 is 2.94 bits per heavy atom. The van der Waals surface area contributed by atoms with Crippen LogP contribution in [0.4, 0.5) is 0 Å². The number of carbonyl (C=O) groups is 1. The Balaban J connectivity index is 1.83. The largest absolute Gasteiger partial charge is 0.379 e. The highest BCUT2D eigenvalue weighted by Gasteiger charge is 2.32. The number of ether oxygens (including phenoxy) is 1. The molecule has 18 heavy (non-hydrogen) atoms. The SMILES string of the molecule is CCC1CCNC(C(=O)NC2CCCC2OC)C1. The predicted molar refractivity (Wildman–Crippen MR) is 71.4 cm³/mol. The average Bonchev–Trinajstić information content (AvgIpc) is 2.86. The van der Waals surface area contributed by atoms with Gasteiger partial charge in [0.2, 0.25) is 5.91 Å². The van der Waals surface area contributed by atoms with Gasteiger partial charge >= 0.3 is 0 Å². The number of hydrogen-bond donors (Lipinski definition) is 2. The quantitative estimate of drug-likeness (QED) is 0.798. The molecule has 4 unspecified atom stereocenters. The fraction of sp³-hybridized carbons (Fsp3) is 0.929. The lowest BCUT2D eigenvalue weighted by Crippen LogP contribution is -2.52. The Labute approximate surface area is 110 Å². The van der Waals surface area contributed by atoms with Gasteiger partial charge in [0.15, 0.2) is 0 Å². The van der Waals surface area contributed by atoms with Gasteiger partial charge in [0.25, 0.3) is 0 Å². The standard InChI is InChI=1S/C14H26N2O2/c1-3-10-7-8-15-12(9-10)14(17)16-11-5-4-6-13(11)18-2/h10-13,15H,3-9H2,1-2H3,(H,16,17). The molecule has 104 valence electrons. The van der Waals surface area contributed by atoms with Crippen molar-refractivity contribution in [2.45, 2.75) is 63.6 Å². The van der Waals surface area contributed by atoms with Crippen molar-refractivity contribution < 1.29 is 9.53 Å². The summed E-state index contributed by atoms with van der Waals surface area (Å²) in [4.78, 5) is 12.2. The van der Waals surface area contributed by atoms with E-state index in [1.54, 1.807) is 7.11 Å². The molecule has 0 spiro atoms. The summed E-state index contributed by atoms with van der Waals surface area (Å²) in [5, 5.41) is 6.50. The molecule has 0 radical (unpaired) electrons. The third kappa shape index (κ3) is 3.23. The topological polar surface area (TPSA) is 50.4 Å². The third-order valence-electron chi connectivity index (χ3n) is 4.49. The molecule has 1 heterocycles. The number of rotatable bonds is 4. The number of piperidine rings is 1. The average molecular weight is 254 g/mol. The molecule has 2 fully saturated rings. The van der Waals surface area contributed by atoms with Crippen LogP contribution in [-0.2, 0) is 9.53 Å². The highest BCUT2D eigenvalue weighted by molar-refractivity contribution is 5.82. The van der Waals surface area contributed by atoms with Crippen LogP contribution in [0, 0.1) is 5.92 Å². The van der Waals surface area contributed by atoms with Crippen LogP contribution in [-0.4, -0.2) is 37.7 Å². The Kier molecular flexibility index (Phi) is 5.01. The van der Waals surface area contributed by atoms with Crippen LogP contribution in [0.3, 0.4) is 0 Å². The molecule has 0 aromatic heterocycles. The molecule has 0 aromatic carbocycles. The van der Waals surface area contributed by atoms with Crippen LogP contribution in [0.1, 0.15) is 45.4 Å². The van der Waals surface area contributed by atoms with Crippen LogP contribution in [0.25, 0.3) is 0 Å². The van der Waals surface area contributed by atoms with E-state index in [2.05, 4.69) is 17.6 Å². The minimum Gasteiger partial charge on any atom is -0.379 e. The molecule has 4 heteroatoms. The lowest BCUT2D eigenvalue weighted by molar-refractivity contribution is -0.125. The first-order chi connectivity index (χ1) is 8.74. The summed E-state index contributed by atoms with van der Waals surface area (Å²) in [6.07, 6.45) is 6.83. The monoisotopic (exact) mass is 254 g/mol. The van der Waals surface area contributed by atoms with Crippen molar-refractivity contribution in [1.29, 1.82) is 0 Å². The lowest BCUT2D eigenvalue weighted by atomic mass is 9.90. The van der Waals surface area contributed by atoms with Gasteiger partial charge in [-0.15, -0.1) is 0 Å². The van der Waals surface area contributed by atoms with Crippen LogP contribution in [0.15, 0.2) is 0 Å². The Bertz CT molecular complexity index is 283. The Hall–Kier alpha value is -0.610. The molecule has 4 nitrogen and oxygen atoms in total. The first-order valence-electron chi connectivity index (χ1n) is 7.31. The van der Waals surface area contributed by atoms with Crippen molar-refractivity contribution in [1.82, 2.24) is 10.6 Å². The summed E-state index contributed by atoms with van der Waals surface area (Å²) in [6, 6.07) is 0.216. The second kappa shape index (κ2) is 6.53. The lowest BCUT2D eigenvalue weighted by Gasteiger charge is -2.30. The van der Waals surface area contributed by atoms with Crippen molar-refractivity contribution in [2.24, 2.45) is 5.92 Å². The maximum Gasteiger partial charge on any atom is 0.237 e. The summed E-state index contributed by atoms with van der Waals surface area (Å²) in [6.45, 7) is 3.18. The number of carbonyl (C=O) groups excluding carboxylic acids is 1. The smallest absolute Gasteiger partial charge is 0.237 e. The second-order valence-electron chi connectivity index (χ2n) is 5.63. The van der Waals surface area contributed by atoms with Crippen LogP contribution in [0.5, 0.6) is 0 Å². The highest BCUT2D eigenvalue weighted by atomic mass is 16.5. The maximum atomic E-state index is 12.2. The van der Waals surface area contributed by atoms with Crippen LogP contribution < -0.4 is 10.6 Å². The summed E-state index contributed by atoms with van der Waals surface area (Å²) in [5.74, 6) is 0.867. The molecule has 1 saturated heterocycles. The van der Waals surface area contributed by atoms with Crippen LogP contribution >= 0.6 is 0 Å². The molecule has 0 bridgehead atoms. The van der Waals surface area contributed by atoms with E-state index in [1.807, 2.05) is 0 Å². The summed E-state index contributed by atoms with van der Waals surface area (Å²) in [7, 11) is 1.74. The van der Waals surface area contributed by atoms with Gasteiger partial charge in [-0.05, 0) is 44.6 Å². The molecule has 0 aromatic rings. The Morgan fingerprint density at radius 2 is 2.22 bits per heavy atom. The molecule has 2 aliphatic rings. The van der Waals surface area contributed by atoms with E-state index in [4.69, 9.17) is 4.74 Å². The third-order valence-corrected chi connectivity index (χ3v) is 4.49. The van der Waals surface area contributed by atoms with E-state index in [-0.39, 0.29) is 24.1 Å². The highest BCUT2D eigenvalue weighted by Crippen LogP contribution is 2.23. The van der Waals surface area contributed by atoms with E-state index in [1.165, 1.54) is 12.8 Å². The summed E-state index contributed by atoms with van der Waals surface area (Å²) in [5.41, 5.74) is 0. The minimum atomic E-state index is 0.00167. The molecule has 1 aliphatic heterocycles. The van der Waals surface area contributed by atoms with Crippen molar-refractivity contribution in [2.75, 3.05) is 13.7 Å². The minimum absolute atomic E-state index is 0.00167. The molecule has 2 N–H and O–H groups in total. The van der Waals surface area contributed by atoms with E-state index in [9.17, 15) is 4.79 Å². The van der Waals surface area contributed by atoms with Gasteiger partial charge in [-0.3, -0.25) is 4.79 Å². The fourth-order valence-corrected chi connectivity index (χ4v) is 3.22. The molecule has 1 saturated carbocycles. The predicted octanol–water partition coefficient (Wildman–Crippen LogP) is 1.45. The zero-order chi connectivity index (χ0) is 13.0. The first-order valence-corrected chi connectivity index (χ1v) is 7.31. The molecular weight excluding hydrogens is 228 g/mol. The van der Waals surface area contributed by atoms with Gasteiger partial charge < -0.3 is 15.4 Å². The summed E-state index contributed by atoms with van der Waals surface area (Å²) >= 11 is 0. The fourth-order valence-electron chi connectivity index (χ4n) is 3.22. The zero-order valence-corrected chi connectivity index (χ0v) is 11.6. The maximum absolute atomic E-state index is 12.2. The van der Waals surface area contributed by atoms with Gasteiger partial charge in [-0.25, -0.2) is 0 Å². The normalized spacial score (nSPS) is 36.6. The zero-order valence-electron chi connectivity index (χ0n) is 11.6. The Morgan fingerprint density at radius 1 is 1.39 bits per heavy atom. The van der Waals surface area contributed by atoms with E-state index < -0.39 is 0 Å². The molecule has 1 amide bonds. The number of methoxy groups -OCH3 is 1. The van der Waals surface area contributed by atoms with E-state index >= 15 is 0 Å². The molecule has 1 aliphatic carbocycles. The number of hydrogen-bond acceptors (Lipinski definition) is 3. The van der Waals surface area contributed by atoms with Crippen molar-refractivity contribution in [3.63, 3.8) is 0 Å². The van der Waals surface area contributed by atoms with Crippen molar-refractivity contribution in [3.05, 3.63) is 0 Å². The van der Waals surface area contributed by atoms with Gasteiger partial charge in [0.05, 0.1) is 18.2 Å². The first kappa shape index (κ1) is 13.8. The second-order valence-corrected chi connectivity index (χ2v) is 5.63. The van der Waals surface area contributed by atoms with Crippen molar-refractivity contribution in [3.8, 4) is 0 Å². The van der Waals surface area contributed by atoms with Gasteiger partial charge in [0.1, 0.15) is 0 Å². The molecule has 2 rings (SSSR count). The summed E-state index contributed by atoms with van der Waals surface area (Å²) < 4.78 is 5.42. The molecule has 4 atom stereocenters. The molecular formula is C14H26N2O2. The van der Waals surface area contributed by atoms with E-state index in [0.717, 1.165) is 32.2 Å². The number of nitrogens with one attached hydrogen (secondary N) is 2. The van der Waals surface area contributed by atoms with Crippen LogP contribution in [0.2, 0.25) is 0 Å². The van der Waals surface area contributed by atoms with Gasteiger partial charge in [-0.1, -0.05) is 13.3 Å².